The summed E-state index contributed by atoms with van der Waals surface area (Å²) in [6.45, 7) is 9.47. The molecule has 0 aromatic carbocycles. The quantitative estimate of drug-likeness (QED) is 0.819. The number of anilines is 1. The summed E-state index contributed by atoms with van der Waals surface area (Å²) in [5, 5.41) is 0. The van der Waals surface area contributed by atoms with Crippen LogP contribution in [-0.2, 0) is 0 Å². The maximum Gasteiger partial charge on any atom is 0.133 e. The predicted octanol–water partition coefficient (Wildman–Crippen LogP) is 2.13. The van der Waals surface area contributed by atoms with Gasteiger partial charge in [0.15, 0.2) is 0 Å². The molecule has 0 aliphatic heterocycles. The Bertz CT molecular complexity index is 374. The van der Waals surface area contributed by atoms with E-state index in [1.807, 2.05) is 19.2 Å². The van der Waals surface area contributed by atoms with Gasteiger partial charge >= 0.3 is 0 Å². The monoisotopic (exact) mass is 264 g/mol. The number of rotatable bonds is 7. The van der Waals surface area contributed by atoms with Crippen molar-refractivity contribution >= 4 is 5.82 Å². The van der Waals surface area contributed by atoms with Crippen molar-refractivity contribution in [2.45, 2.75) is 26.8 Å². The molecule has 4 nitrogen and oxygen atoms in total. The smallest absolute Gasteiger partial charge is 0.133 e. The molecule has 0 spiro atoms. The number of hydrogen-bond acceptors (Lipinski definition) is 4. The lowest BCUT2D eigenvalue weighted by molar-refractivity contribution is 0.408. The maximum atomic E-state index is 6.06. The number of nitrogens with two attached hydrogens (primary N) is 1. The molecule has 1 aromatic heterocycles. The van der Waals surface area contributed by atoms with Gasteiger partial charge in [-0.25, -0.2) is 4.98 Å². The van der Waals surface area contributed by atoms with Gasteiger partial charge in [-0.05, 0) is 33.0 Å². The van der Waals surface area contributed by atoms with E-state index >= 15 is 0 Å². The largest absolute Gasteiger partial charge is 0.355 e. The average molecular weight is 264 g/mol. The number of likely N-dealkylation sites (N-methyl/N-ethyl adjacent to an activating group) is 1. The van der Waals surface area contributed by atoms with Crippen molar-refractivity contribution in [3.63, 3.8) is 0 Å². The molecule has 2 N–H and O–H groups in total. The Labute approximate surface area is 117 Å². The second-order valence-electron chi connectivity index (χ2n) is 5.85. The first-order valence-corrected chi connectivity index (χ1v) is 7.02. The maximum absolute atomic E-state index is 6.06. The van der Waals surface area contributed by atoms with Crippen molar-refractivity contribution in [3.05, 3.63) is 23.9 Å². The van der Waals surface area contributed by atoms with Gasteiger partial charge in [-0.2, -0.15) is 0 Å². The van der Waals surface area contributed by atoms with E-state index < -0.39 is 0 Å². The normalized spacial score (nSPS) is 13.1. The van der Waals surface area contributed by atoms with Crippen LogP contribution < -0.4 is 10.6 Å². The fourth-order valence-electron chi connectivity index (χ4n) is 2.07. The molecule has 1 atom stereocenters. The van der Waals surface area contributed by atoms with Gasteiger partial charge in [0.05, 0.1) is 0 Å². The molecule has 0 aliphatic carbocycles. The zero-order valence-corrected chi connectivity index (χ0v) is 12.9. The highest BCUT2D eigenvalue weighted by Gasteiger charge is 2.16. The van der Waals surface area contributed by atoms with E-state index in [-0.39, 0.29) is 6.04 Å². The number of nitrogens with zero attached hydrogens (tertiary/aromatic N) is 3. The summed E-state index contributed by atoms with van der Waals surface area (Å²) < 4.78 is 0. The molecule has 0 radical (unpaired) electrons. The molecule has 0 bridgehead atoms. The Morgan fingerprint density at radius 3 is 2.42 bits per heavy atom. The predicted molar refractivity (Wildman–Crippen MR) is 82.4 cm³/mol. The molecular weight excluding hydrogens is 236 g/mol. The van der Waals surface area contributed by atoms with Crippen LogP contribution in [0.4, 0.5) is 5.82 Å². The van der Waals surface area contributed by atoms with Gasteiger partial charge < -0.3 is 15.5 Å². The molecule has 0 fully saturated rings. The molecule has 0 aliphatic rings. The number of pyridine rings is 1. The third-order valence-corrected chi connectivity index (χ3v) is 3.01. The Morgan fingerprint density at radius 2 is 1.89 bits per heavy atom. The Hall–Kier alpha value is -1.13. The van der Waals surface area contributed by atoms with Crippen molar-refractivity contribution in [3.8, 4) is 0 Å². The van der Waals surface area contributed by atoms with Crippen molar-refractivity contribution in [2.75, 3.05) is 38.6 Å². The Kier molecular flexibility index (Phi) is 6.25. The molecule has 108 valence electrons. The third kappa shape index (κ3) is 5.17. The van der Waals surface area contributed by atoms with Gasteiger partial charge in [0.2, 0.25) is 0 Å². The highest BCUT2D eigenvalue weighted by Crippen LogP contribution is 2.23. The fraction of sp³-hybridized carbons (Fsp3) is 0.667. The molecule has 1 rings (SSSR count). The van der Waals surface area contributed by atoms with E-state index in [1.54, 1.807) is 0 Å². The molecule has 0 amide bonds. The van der Waals surface area contributed by atoms with Crippen LogP contribution in [-0.4, -0.2) is 43.6 Å². The van der Waals surface area contributed by atoms with Crippen LogP contribution in [0.2, 0.25) is 0 Å². The summed E-state index contributed by atoms with van der Waals surface area (Å²) >= 11 is 0. The van der Waals surface area contributed by atoms with Crippen molar-refractivity contribution in [2.24, 2.45) is 11.7 Å². The van der Waals surface area contributed by atoms with Gasteiger partial charge in [0, 0.05) is 37.4 Å². The second kappa shape index (κ2) is 7.46. The van der Waals surface area contributed by atoms with Crippen LogP contribution in [0.5, 0.6) is 0 Å². The van der Waals surface area contributed by atoms with Crippen LogP contribution in [0.15, 0.2) is 18.3 Å². The zero-order valence-electron chi connectivity index (χ0n) is 12.9. The van der Waals surface area contributed by atoms with Crippen LogP contribution in [0, 0.1) is 5.92 Å². The van der Waals surface area contributed by atoms with Gasteiger partial charge in [-0.1, -0.05) is 19.9 Å². The van der Waals surface area contributed by atoms with Gasteiger partial charge in [0.1, 0.15) is 5.82 Å². The van der Waals surface area contributed by atoms with Gasteiger partial charge in [-0.3, -0.25) is 0 Å². The SMILES string of the molecule is CC(C)CN(CCN(C)C)c1ncccc1C(C)N. The number of hydrogen-bond donors (Lipinski definition) is 1. The average Bonchev–Trinajstić information content (AvgIpc) is 2.33. The van der Waals surface area contributed by atoms with E-state index in [0.29, 0.717) is 5.92 Å². The van der Waals surface area contributed by atoms with Crippen molar-refractivity contribution < 1.29 is 0 Å². The molecule has 1 heterocycles. The minimum atomic E-state index is 0.0118. The van der Waals surface area contributed by atoms with Crippen LogP contribution in [0.3, 0.4) is 0 Å². The second-order valence-corrected chi connectivity index (χ2v) is 5.85. The molecule has 19 heavy (non-hydrogen) atoms. The molecule has 0 saturated carbocycles. The van der Waals surface area contributed by atoms with E-state index in [1.165, 1.54) is 0 Å². The van der Waals surface area contributed by atoms with Gasteiger partial charge in [-0.15, -0.1) is 0 Å². The molecule has 1 unspecified atom stereocenters. The fourth-order valence-corrected chi connectivity index (χ4v) is 2.07. The van der Waals surface area contributed by atoms with Crippen LogP contribution in [0.1, 0.15) is 32.4 Å². The van der Waals surface area contributed by atoms with E-state index in [2.05, 4.69) is 48.8 Å². The minimum absolute atomic E-state index is 0.0118. The van der Waals surface area contributed by atoms with Crippen LogP contribution in [0.25, 0.3) is 0 Å². The molecule has 4 heteroatoms. The summed E-state index contributed by atoms with van der Waals surface area (Å²) in [5.41, 5.74) is 7.19. The first kappa shape index (κ1) is 15.9. The Balaban J connectivity index is 2.95. The Morgan fingerprint density at radius 1 is 1.21 bits per heavy atom. The van der Waals surface area contributed by atoms with E-state index in [0.717, 1.165) is 31.0 Å². The summed E-state index contributed by atoms with van der Waals surface area (Å²) in [7, 11) is 4.19. The van der Waals surface area contributed by atoms with Crippen molar-refractivity contribution in [1.29, 1.82) is 0 Å². The zero-order chi connectivity index (χ0) is 14.4. The minimum Gasteiger partial charge on any atom is -0.355 e. The highest BCUT2D eigenvalue weighted by molar-refractivity contribution is 5.48. The lowest BCUT2D eigenvalue weighted by Crippen LogP contribution is -2.36. The molecule has 0 saturated heterocycles. The number of aromatic nitrogens is 1. The summed E-state index contributed by atoms with van der Waals surface area (Å²) in [6, 6.07) is 4.05. The topological polar surface area (TPSA) is 45.4 Å². The van der Waals surface area contributed by atoms with E-state index in [4.69, 9.17) is 5.73 Å². The standard InChI is InChI=1S/C15H28N4/c1-12(2)11-19(10-9-18(4)5)15-14(13(3)16)7-6-8-17-15/h6-8,12-13H,9-11,16H2,1-5H3. The summed E-state index contributed by atoms with van der Waals surface area (Å²) in [4.78, 5) is 9.11. The van der Waals surface area contributed by atoms with Crippen molar-refractivity contribution in [1.82, 2.24) is 9.88 Å². The van der Waals surface area contributed by atoms with E-state index in [9.17, 15) is 0 Å². The van der Waals surface area contributed by atoms with Gasteiger partial charge in [0.25, 0.3) is 0 Å². The molecule has 1 aromatic rings. The lowest BCUT2D eigenvalue weighted by Gasteiger charge is -2.29. The lowest BCUT2D eigenvalue weighted by atomic mass is 10.1. The third-order valence-electron chi connectivity index (χ3n) is 3.01. The highest BCUT2D eigenvalue weighted by atomic mass is 15.2. The summed E-state index contributed by atoms with van der Waals surface area (Å²) in [6.07, 6.45) is 1.85. The molecular formula is C15H28N4. The van der Waals surface area contributed by atoms with Crippen LogP contribution >= 0.6 is 0 Å². The summed E-state index contributed by atoms with van der Waals surface area (Å²) in [5.74, 6) is 1.64. The first-order valence-electron chi connectivity index (χ1n) is 7.02. The first-order chi connectivity index (χ1) is 8.91.